The van der Waals surface area contributed by atoms with Crippen LogP contribution in [-0.2, 0) is 11.3 Å². The van der Waals surface area contributed by atoms with E-state index in [2.05, 4.69) is 10.3 Å². The van der Waals surface area contributed by atoms with E-state index in [1.165, 1.54) is 0 Å². The van der Waals surface area contributed by atoms with Gasteiger partial charge < -0.3 is 14.8 Å². The number of amides is 1. The zero-order valence-electron chi connectivity index (χ0n) is 10.3. The molecule has 1 N–H and O–H groups in total. The van der Waals surface area contributed by atoms with Gasteiger partial charge in [-0.05, 0) is 19.4 Å². The highest BCUT2D eigenvalue weighted by Crippen LogP contribution is 2.09. The van der Waals surface area contributed by atoms with Gasteiger partial charge in [0.15, 0.2) is 0 Å². The molecular weight excluding hydrogens is 216 g/mol. The fourth-order valence-electron chi connectivity index (χ4n) is 2.19. The Morgan fingerprint density at radius 1 is 1.65 bits per heavy atom. The molecule has 0 aliphatic carbocycles. The number of nitrogens with zero attached hydrogens (tertiary/aromatic N) is 3. The third-order valence-electron chi connectivity index (χ3n) is 3.36. The maximum Gasteiger partial charge on any atom is 0.224 e. The Balaban J connectivity index is 1.78. The Hall–Kier alpha value is -1.36. The van der Waals surface area contributed by atoms with Gasteiger partial charge in [0.05, 0.1) is 6.33 Å². The number of imidazole rings is 1. The average molecular weight is 236 g/mol. The van der Waals surface area contributed by atoms with Crippen LogP contribution in [0.25, 0.3) is 0 Å². The first-order chi connectivity index (χ1) is 8.27. The smallest absolute Gasteiger partial charge is 0.224 e. The molecule has 1 aliphatic rings. The van der Waals surface area contributed by atoms with Gasteiger partial charge in [-0.3, -0.25) is 4.79 Å². The van der Waals surface area contributed by atoms with Crippen LogP contribution in [0.1, 0.15) is 19.3 Å². The lowest BCUT2D eigenvalue weighted by molar-refractivity contribution is -0.132. The minimum absolute atomic E-state index is 0.215. The number of carbonyl (C=O) groups excluding carboxylic acids is 1. The lowest BCUT2D eigenvalue weighted by Crippen LogP contribution is -2.46. The third kappa shape index (κ3) is 3.30. The number of rotatable bonds is 4. The molecule has 1 saturated heterocycles. The summed E-state index contributed by atoms with van der Waals surface area (Å²) < 4.78 is 1.94. The van der Waals surface area contributed by atoms with Crippen LogP contribution in [0.2, 0.25) is 0 Å². The summed E-state index contributed by atoms with van der Waals surface area (Å²) in [5.41, 5.74) is 0. The number of piperidine rings is 1. The standard InChI is InChI=1S/C12H20N4O/c1-15(11-3-2-5-13-9-11)12(17)4-7-16-8-6-14-10-16/h6,8,10-11,13H,2-5,7,9H2,1H3. The Bertz CT molecular complexity index is 343. The molecule has 0 saturated carbocycles. The molecule has 17 heavy (non-hydrogen) atoms. The van der Waals surface area contributed by atoms with Gasteiger partial charge in [0, 0.05) is 45.0 Å². The number of likely N-dealkylation sites (N-methyl/N-ethyl adjacent to an activating group) is 1. The number of carbonyl (C=O) groups is 1. The van der Waals surface area contributed by atoms with Crippen LogP contribution in [-0.4, -0.2) is 46.5 Å². The topological polar surface area (TPSA) is 50.2 Å². The van der Waals surface area contributed by atoms with E-state index in [-0.39, 0.29) is 5.91 Å². The summed E-state index contributed by atoms with van der Waals surface area (Å²) >= 11 is 0. The van der Waals surface area contributed by atoms with Crippen molar-refractivity contribution in [3.05, 3.63) is 18.7 Å². The summed E-state index contributed by atoms with van der Waals surface area (Å²) in [5.74, 6) is 0.215. The number of hydrogen-bond acceptors (Lipinski definition) is 3. The second kappa shape index (κ2) is 5.82. The highest BCUT2D eigenvalue weighted by atomic mass is 16.2. The van der Waals surface area contributed by atoms with E-state index in [9.17, 15) is 4.79 Å². The molecule has 5 heteroatoms. The quantitative estimate of drug-likeness (QED) is 0.827. The predicted molar refractivity (Wildman–Crippen MR) is 65.5 cm³/mol. The zero-order chi connectivity index (χ0) is 12.1. The summed E-state index contributed by atoms with van der Waals surface area (Å²) in [4.78, 5) is 17.9. The molecule has 1 aliphatic heterocycles. The second-order valence-corrected chi connectivity index (χ2v) is 4.56. The fourth-order valence-corrected chi connectivity index (χ4v) is 2.19. The molecule has 1 atom stereocenters. The minimum Gasteiger partial charge on any atom is -0.341 e. The Labute approximate surface area is 102 Å². The first-order valence-corrected chi connectivity index (χ1v) is 6.19. The molecule has 2 rings (SSSR count). The van der Waals surface area contributed by atoms with Crippen LogP contribution in [0.15, 0.2) is 18.7 Å². The van der Waals surface area contributed by atoms with Gasteiger partial charge in [0.2, 0.25) is 5.91 Å². The highest BCUT2D eigenvalue weighted by molar-refractivity contribution is 5.76. The van der Waals surface area contributed by atoms with Crippen molar-refractivity contribution in [2.45, 2.75) is 31.8 Å². The van der Waals surface area contributed by atoms with Crippen molar-refractivity contribution >= 4 is 5.91 Å². The molecule has 1 aromatic heterocycles. The molecule has 0 radical (unpaired) electrons. The molecule has 2 heterocycles. The third-order valence-corrected chi connectivity index (χ3v) is 3.36. The van der Waals surface area contributed by atoms with Crippen LogP contribution in [0.3, 0.4) is 0 Å². The summed E-state index contributed by atoms with van der Waals surface area (Å²) in [5, 5.41) is 3.33. The molecule has 1 fully saturated rings. The van der Waals surface area contributed by atoms with Gasteiger partial charge in [0.1, 0.15) is 0 Å². The van der Waals surface area contributed by atoms with Crippen molar-refractivity contribution in [2.24, 2.45) is 0 Å². The molecule has 1 unspecified atom stereocenters. The number of hydrogen-bond donors (Lipinski definition) is 1. The maximum absolute atomic E-state index is 12.0. The Kier molecular flexibility index (Phi) is 4.14. The van der Waals surface area contributed by atoms with Crippen LogP contribution in [0.4, 0.5) is 0 Å². The fraction of sp³-hybridized carbons (Fsp3) is 0.667. The molecule has 1 aromatic rings. The Morgan fingerprint density at radius 2 is 2.53 bits per heavy atom. The summed E-state index contributed by atoms with van der Waals surface area (Å²) in [6, 6.07) is 0.360. The van der Waals surface area contributed by atoms with E-state index < -0.39 is 0 Å². The summed E-state index contributed by atoms with van der Waals surface area (Å²) in [7, 11) is 1.91. The van der Waals surface area contributed by atoms with Crippen molar-refractivity contribution in [1.29, 1.82) is 0 Å². The van der Waals surface area contributed by atoms with E-state index >= 15 is 0 Å². The van der Waals surface area contributed by atoms with Gasteiger partial charge in [-0.1, -0.05) is 0 Å². The van der Waals surface area contributed by atoms with Crippen molar-refractivity contribution in [2.75, 3.05) is 20.1 Å². The second-order valence-electron chi connectivity index (χ2n) is 4.56. The highest BCUT2D eigenvalue weighted by Gasteiger charge is 2.21. The van der Waals surface area contributed by atoms with Crippen LogP contribution in [0, 0.1) is 0 Å². The normalized spacial score (nSPS) is 20.2. The zero-order valence-corrected chi connectivity index (χ0v) is 10.3. The van der Waals surface area contributed by atoms with E-state index in [4.69, 9.17) is 0 Å². The number of aryl methyl sites for hydroxylation is 1. The average Bonchev–Trinajstić information content (AvgIpc) is 2.89. The molecule has 0 spiro atoms. The van der Waals surface area contributed by atoms with Gasteiger partial charge >= 0.3 is 0 Å². The van der Waals surface area contributed by atoms with Crippen molar-refractivity contribution in [3.63, 3.8) is 0 Å². The molecule has 1 amide bonds. The summed E-state index contributed by atoms with van der Waals surface area (Å²) in [6.45, 7) is 2.71. The van der Waals surface area contributed by atoms with Gasteiger partial charge in [-0.2, -0.15) is 0 Å². The molecule has 0 bridgehead atoms. The monoisotopic (exact) mass is 236 g/mol. The minimum atomic E-state index is 0.215. The van der Waals surface area contributed by atoms with Crippen molar-refractivity contribution in [3.8, 4) is 0 Å². The van der Waals surface area contributed by atoms with E-state index in [1.807, 2.05) is 22.7 Å². The van der Waals surface area contributed by atoms with E-state index in [0.29, 0.717) is 19.0 Å². The number of nitrogens with one attached hydrogen (secondary N) is 1. The van der Waals surface area contributed by atoms with Crippen LogP contribution >= 0.6 is 0 Å². The number of aromatic nitrogens is 2. The first-order valence-electron chi connectivity index (χ1n) is 6.19. The van der Waals surface area contributed by atoms with Crippen LogP contribution in [0.5, 0.6) is 0 Å². The van der Waals surface area contributed by atoms with E-state index in [1.54, 1.807) is 12.5 Å². The van der Waals surface area contributed by atoms with Crippen molar-refractivity contribution < 1.29 is 4.79 Å². The van der Waals surface area contributed by atoms with Crippen molar-refractivity contribution in [1.82, 2.24) is 19.8 Å². The lowest BCUT2D eigenvalue weighted by atomic mass is 10.1. The maximum atomic E-state index is 12.0. The molecule has 94 valence electrons. The van der Waals surface area contributed by atoms with Crippen LogP contribution < -0.4 is 5.32 Å². The predicted octanol–water partition coefficient (Wildman–Crippen LogP) is 0.484. The molecular formula is C12H20N4O. The Morgan fingerprint density at radius 3 is 3.18 bits per heavy atom. The molecule has 0 aromatic carbocycles. The lowest BCUT2D eigenvalue weighted by Gasteiger charge is -2.31. The van der Waals surface area contributed by atoms with Gasteiger partial charge in [0.25, 0.3) is 0 Å². The first kappa shape index (κ1) is 12.1. The SMILES string of the molecule is CN(C(=O)CCn1ccnc1)C1CCCNC1. The van der Waals surface area contributed by atoms with Gasteiger partial charge in [-0.15, -0.1) is 0 Å². The van der Waals surface area contributed by atoms with Gasteiger partial charge in [-0.25, -0.2) is 4.98 Å². The summed E-state index contributed by atoms with van der Waals surface area (Å²) in [6.07, 6.45) is 8.18. The largest absolute Gasteiger partial charge is 0.341 e. The molecule has 5 nitrogen and oxygen atoms in total. The van der Waals surface area contributed by atoms with E-state index in [0.717, 1.165) is 25.9 Å².